The van der Waals surface area contributed by atoms with E-state index in [-0.39, 0.29) is 11.4 Å². The van der Waals surface area contributed by atoms with Gasteiger partial charge in [0.25, 0.3) is 0 Å². The number of aryl methyl sites for hydroxylation is 1. The van der Waals surface area contributed by atoms with Crippen LogP contribution in [0.25, 0.3) is 0 Å². The molecule has 1 heterocycles. The maximum Gasteiger partial charge on any atom is 0.341 e. The van der Waals surface area contributed by atoms with Crippen LogP contribution in [0, 0.1) is 5.92 Å². The number of carboxylic acids is 1. The summed E-state index contributed by atoms with van der Waals surface area (Å²) in [4.78, 5) is 11.4. The maximum absolute atomic E-state index is 11.4. The van der Waals surface area contributed by atoms with E-state index >= 15 is 0 Å². The average molecular weight is 264 g/mol. The molecular weight excluding hydrogens is 244 g/mol. The van der Waals surface area contributed by atoms with Gasteiger partial charge in [0.2, 0.25) is 5.88 Å². The van der Waals surface area contributed by atoms with Gasteiger partial charge in [0.1, 0.15) is 5.56 Å². The molecule has 1 fully saturated rings. The third-order valence-corrected chi connectivity index (χ3v) is 3.49. The van der Waals surface area contributed by atoms with Gasteiger partial charge in [-0.2, -0.15) is 5.10 Å². The third-order valence-electron chi connectivity index (χ3n) is 3.49. The molecule has 1 aliphatic carbocycles. The summed E-state index contributed by atoms with van der Waals surface area (Å²) in [5.41, 5.74) is 1.67. The monoisotopic (exact) mass is 264 g/mol. The number of rotatable bonds is 7. The van der Waals surface area contributed by atoms with Crippen LogP contribution in [-0.4, -0.2) is 27.9 Å². The van der Waals surface area contributed by atoms with Gasteiger partial charge in [-0.1, -0.05) is 26.7 Å². The summed E-state index contributed by atoms with van der Waals surface area (Å²) in [5, 5.41) is 17.4. The van der Waals surface area contributed by atoms with Crippen molar-refractivity contribution in [1.29, 1.82) is 0 Å². The number of hydrogen-bond acceptors (Lipinski definition) is 4. The molecule has 0 saturated heterocycles. The van der Waals surface area contributed by atoms with Crippen LogP contribution in [0.4, 0.5) is 0 Å². The fourth-order valence-electron chi connectivity index (χ4n) is 2.20. The van der Waals surface area contributed by atoms with Gasteiger partial charge in [0.15, 0.2) is 0 Å². The summed E-state index contributed by atoms with van der Waals surface area (Å²) >= 11 is 0. The predicted molar refractivity (Wildman–Crippen MR) is 70.6 cm³/mol. The largest absolute Gasteiger partial charge is 0.477 e. The van der Waals surface area contributed by atoms with E-state index in [1.54, 1.807) is 0 Å². The lowest BCUT2D eigenvalue weighted by Gasteiger charge is -2.12. The molecular formula is C14H20N2O3. The van der Waals surface area contributed by atoms with E-state index in [2.05, 4.69) is 10.2 Å². The number of hydrogen-bond donors (Lipinski definition) is 1. The molecule has 1 aromatic heterocycles. The van der Waals surface area contributed by atoms with E-state index in [0.29, 0.717) is 19.4 Å². The Morgan fingerprint density at radius 2 is 2.05 bits per heavy atom. The molecule has 104 valence electrons. The van der Waals surface area contributed by atoms with Crippen LogP contribution in [0.2, 0.25) is 0 Å². The van der Waals surface area contributed by atoms with Gasteiger partial charge < -0.3 is 9.84 Å². The Hall–Kier alpha value is -1.65. The van der Waals surface area contributed by atoms with Crippen molar-refractivity contribution in [2.75, 3.05) is 6.61 Å². The summed E-state index contributed by atoms with van der Waals surface area (Å²) in [6.45, 7) is 4.40. The molecule has 1 aromatic rings. The molecule has 19 heavy (non-hydrogen) atoms. The molecule has 1 aliphatic rings. The molecule has 0 atom stereocenters. The van der Waals surface area contributed by atoms with E-state index in [0.717, 1.165) is 23.6 Å². The van der Waals surface area contributed by atoms with Crippen molar-refractivity contribution in [1.82, 2.24) is 10.2 Å². The molecule has 0 radical (unpaired) electrons. The molecule has 0 bridgehead atoms. The summed E-state index contributed by atoms with van der Waals surface area (Å²) in [6.07, 6.45) is 4.79. The van der Waals surface area contributed by atoms with Crippen LogP contribution >= 0.6 is 0 Å². The molecule has 1 saturated carbocycles. The summed E-state index contributed by atoms with van der Waals surface area (Å²) < 4.78 is 5.54. The minimum atomic E-state index is -0.983. The Balaban J connectivity index is 2.22. The molecule has 0 unspecified atom stereocenters. The van der Waals surface area contributed by atoms with Crippen molar-refractivity contribution in [2.24, 2.45) is 5.92 Å². The second-order valence-corrected chi connectivity index (χ2v) is 4.90. The highest BCUT2D eigenvalue weighted by Gasteiger charge is 2.24. The zero-order chi connectivity index (χ0) is 13.8. The van der Waals surface area contributed by atoms with Crippen LogP contribution in [-0.2, 0) is 12.8 Å². The van der Waals surface area contributed by atoms with Crippen molar-refractivity contribution >= 4 is 5.97 Å². The van der Waals surface area contributed by atoms with Gasteiger partial charge in [-0.3, -0.25) is 0 Å². The fourth-order valence-corrected chi connectivity index (χ4v) is 2.20. The van der Waals surface area contributed by atoms with Gasteiger partial charge in [-0.25, -0.2) is 4.79 Å². The number of carboxylic acid groups (broad SMARTS) is 1. The number of aromatic nitrogens is 2. The first-order chi connectivity index (χ1) is 9.17. The SMILES string of the molecule is CCc1nnc(OCCC2CC2)c(C(=O)O)c1CC. The second kappa shape index (κ2) is 5.99. The van der Waals surface area contributed by atoms with E-state index in [1.807, 2.05) is 13.8 Å². The van der Waals surface area contributed by atoms with Gasteiger partial charge >= 0.3 is 5.97 Å². The van der Waals surface area contributed by atoms with Crippen molar-refractivity contribution in [3.63, 3.8) is 0 Å². The number of carbonyl (C=O) groups is 1. The molecule has 5 nitrogen and oxygen atoms in total. The van der Waals surface area contributed by atoms with Gasteiger partial charge in [-0.05, 0) is 30.7 Å². The van der Waals surface area contributed by atoms with Gasteiger partial charge in [-0.15, -0.1) is 5.10 Å². The van der Waals surface area contributed by atoms with Gasteiger partial charge in [0, 0.05) is 0 Å². The first-order valence-electron chi connectivity index (χ1n) is 6.91. The number of ether oxygens (including phenoxy) is 1. The minimum absolute atomic E-state index is 0.169. The van der Waals surface area contributed by atoms with Gasteiger partial charge in [0.05, 0.1) is 12.3 Å². The van der Waals surface area contributed by atoms with Crippen molar-refractivity contribution in [2.45, 2.75) is 46.0 Å². The average Bonchev–Trinajstić information content (AvgIpc) is 3.21. The summed E-state index contributed by atoms with van der Waals surface area (Å²) in [5.74, 6) is -0.0631. The molecule has 2 rings (SSSR count). The van der Waals surface area contributed by atoms with Crippen molar-refractivity contribution < 1.29 is 14.6 Å². The minimum Gasteiger partial charge on any atom is -0.477 e. The van der Waals surface area contributed by atoms with Crippen LogP contribution in [0.1, 0.15) is 54.7 Å². The number of nitrogens with zero attached hydrogens (tertiary/aromatic N) is 2. The maximum atomic E-state index is 11.4. The van der Waals surface area contributed by atoms with E-state index in [1.165, 1.54) is 12.8 Å². The van der Waals surface area contributed by atoms with Crippen LogP contribution in [0.3, 0.4) is 0 Å². The Morgan fingerprint density at radius 3 is 2.58 bits per heavy atom. The molecule has 1 N–H and O–H groups in total. The van der Waals surface area contributed by atoms with Crippen molar-refractivity contribution in [3.8, 4) is 5.88 Å². The smallest absolute Gasteiger partial charge is 0.341 e. The van der Waals surface area contributed by atoms with Crippen LogP contribution < -0.4 is 4.74 Å². The first-order valence-corrected chi connectivity index (χ1v) is 6.91. The first kappa shape index (κ1) is 13.8. The highest BCUT2D eigenvalue weighted by atomic mass is 16.5. The lowest BCUT2D eigenvalue weighted by molar-refractivity contribution is 0.0689. The topological polar surface area (TPSA) is 72.3 Å². The Bertz CT molecular complexity index is 470. The zero-order valence-corrected chi connectivity index (χ0v) is 11.5. The molecule has 0 spiro atoms. The lowest BCUT2D eigenvalue weighted by atomic mass is 10.0. The van der Waals surface area contributed by atoms with Crippen molar-refractivity contribution in [3.05, 3.63) is 16.8 Å². The Kier molecular flexibility index (Phi) is 4.35. The third kappa shape index (κ3) is 3.22. The standard InChI is InChI=1S/C14H20N2O3/c1-3-10-11(4-2)15-16-13(12(10)14(17)18)19-8-7-9-5-6-9/h9H,3-8H2,1-2H3,(H,17,18). The van der Waals surface area contributed by atoms with Crippen LogP contribution in [0.15, 0.2) is 0 Å². The highest BCUT2D eigenvalue weighted by molar-refractivity contribution is 5.92. The second-order valence-electron chi connectivity index (χ2n) is 4.90. The lowest BCUT2D eigenvalue weighted by Crippen LogP contribution is -2.13. The van der Waals surface area contributed by atoms with Crippen LogP contribution in [0.5, 0.6) is 5.88 Å². The summed E-state index contributed by atoms with van der Waals surface area (Å²) in [6, 6.07) is 0. The molecule has 0 amide bonds. The summed E-state index contributed by atoms with van der Waals surface area (Å²) in [7, 11) is 0. The van der Waals surface area contributed by atoms with E-state index < -0.39 is 5.97 Å². The molecule has 0 aromatic carbocycles. The van der Waals surface area contributed by atoms with E-state index in [4.69, 9.17) is 4.74 Å². The zero-order valence-electron chi connectivity index (χ0n) is 11.5. The highest BCUT2D eigenvalue weighted by Crippen LogP contribution is 2.32. The quantitative estimate of drug-likeness (QED) is 0.819. The Labute approximate surface area is 113 Å². The predicted octanol–water partition coefficient (Wildman–Crippen LogP) is 2.48. The van der Waals surface area contributed by atoms with E-state index in [9.17, 15) is 9.90 Å². The molecule has 5 heteroatoms. The fraction of sp³-hybridized carbons (Fsp3) is 0.643. The normalized spacial score (nSPS) is 14.4. The Morgan fingerprint density at radius 1 is 1.32 bits per heavy atom. The number of aromatic carboxylic acids is 1. The molecule has 0 aliphatic heterocycles.